The van der Waals surface area contributed by atoms with E-state index in [1.165, 1.54) is 13.2 Å². The Balaban J connectivity index is 1.90. The predicted molar refractivity (Wildman–Crippen MR) is 79.5 cm³/mol. The molecule has 0 amide bonds. The topological polar surface area (TPSA) is 21.3 Å². The van der Waals surface area contributed by atoms with Crippen molar-refractivity contribution < 1.29 is 9.13 Å². The molecular weight excluding hydrogens is 277 g/mol. The van der Waals surface area contributed by atoms with Gasteiger partial charge < -0.3 is 10.1 Å². The number of benzene rings is 2. The van der Waals surface area contributed by atoms with Crippen molar-refractivity contribution in [2.24, 2.45) is 0 Å². The van der Waals surface area contributed by atoms with Crippen LogP contribution in [0, 0.1) is 5.82 Å². The van der Waals surface area contributed by atoms with Gasteiger partial charge in [0.2, 0.25) is 0 Å². The van der Waals surface area contributed by atoms with Crippen LogP contribution >= 0.6 is 11.6 Å². The third-order valence-corrected chi connectivity index (χ3v) is 3.33. The van der Waals surface area contributed by atoms with Gasteiger partial charge in [0.25, 0.3) is 0 Å². The summed E-state index contributed by atoms with van der Waals surface area (Å²) >= 11 is 5.80. The normalized spacial score (nSPS) is 10.6. The number of nitrogens with one attached hydrogen (secondary N) is 1. The Bertz CT molecular complexity index is 574. The Labute approximate surface area is 123 Å². The molecule has 2 aromatic carbocycles. The highest BCUT2D eigenvalue weighted by molar-refractivity contribution is 6.17. The van der Waals surface area contributed by atoms with E-state index in [2.05, 4.69) is 11.4 Å². The van der Waals surface area contributed by atoms with Gasteiger partial charge >= 0.3 is 0 Å². The zero-order valence-electron chi connectivity index (χ0n) is 11.3. The summed E-state index contributed by atoms with van der Waals surface area (Å²) in [5.74, 6) is 0.442. The molecular formula is C16H17ClFNO. The SMILES string of the molecule is COc1ccc(CNCc2cccc(CCl)c2)cc1F. The first-order chi connectivity index (χ1) is 9.72. The van der Waals surface area contributed by atoms with Crippen LogP contribution in [0.15, 0.2) is 42.5 Å². The van der Waals surface area contributed by atoms with Gasteiger partial charge in [0.15, 0.2) is 11.6 Å². The van der Waals surface area contributed by atoms with Crippen molar-refractivity contribution in [3.63, 3.8) is 0 Å². The Morgan fingerprint density at radius 2 is 1.75 bits per heavy atom. The van der Waals surface area contributed by atoms with E-state index < -0.39 is 0 Å². The summed E-state index contributed by atoms with van der Waals surface area (Å²) in [6.45, 7) is 1.32. The molecule has 0 spiro atoms. The third-order valence-electron chi connectivity index (χ3n) is 3.02. The maximum Gasteiger partial charge on any atom is 0.165 e. The van der Waals surface area contributed by atoms with E-state index in [0.29, 0.717) is 12.4 Å². The molecule has 0 aliphatic heterocycles. The van der Waals surface area contributed by atoms with Gasteiger partial charge in [-0.3, -0.25) is 0 Å². The summed E-state index contributed by atoms with van der Waals surface area (Å²) in [6, 6.07) is 13.1. The van der Waals surface area contributed by atoms with Crippen LogP contribution in [0.1, 0.15) is 16.7 Å². The number of hydrogen-bond donors (Lipinski definition) is 1. The maximum absolute atomic E-state index is 13.5. The number of halogens is 2. The maximum atomic E-state index is 13.5. The van der Waals surface area contributed by atoms with E-state index in [0.717, 1.165) is 23.2 Å². The summed E-state index contributed by atoms with van der Waals surface area (Å²) in [4.78, 5) is 0. The lowest BCUT2D eigenvalue weighted by Gasteiger charge is -2.08. The summed E-state index contributed by atoms with van der Waals surface area (Å²) in [7, 11) is 1.46. The molecule has 0 fully saturated rings. The van der Waals surface area contributed by atoms with E-state index in [9.17, 15) is 4.39 Å². The number of alkyl halides is 1. The van der Waals surface area contributed by atoms with E-state index in [-0.39, 0.29) is 11.6 Å². The van der Waals surface area contributed by atoms with Gasteiger partial charge in [-0.2, -0.15) is 0 Å². The van der Waals surface area contributed by atoms with Gasteiger partial charge in [-0.1, -0.05) is 30.3 Å². The van der Waals surface area contributed by atoms with Gasteiger partial charge in [0, 0.05) is 19.0 Å². The molecule has 0 aromatic heterocycles. The minimum atomic E-state index is -0.337. The number of ether oxygens (including phenoxy) is 1. The molecule has 0 radical (unpaired) electrons. The lowest BCUT2D eigenvalue weighted by Crippen LogP contribution is -2.13. The van der Waals surface area contributed by atoms with Crippen molar-refractivity contribution >= 4 is 11.6 Å². The van der Waals surface area contributed by atoms with Crippen LogP contribution in [0.4, 0.5) is 4.39 Å². The summed E-state index contributed by atoms with van der Waals surface area (Å²) < 4.78 is 18.4. The Hall–Kier alpha value is -1.58. The van der Waals surface area contributed by atoms with Crippen LogP contribution in [-0.4, -0.2) is 7.11 Å². The molecule has 0 saturated carbocycles. The summed E-state index contributed by atoms with van der Waals surface area (Å²) in [5, 5.41) is 3.28. The van der Waals surface area contributed by atoms with E-state index in [1.54, 1.807) is 6.07 Å². The van der Waals surface area contributed by atoms with Crippen LogP contribution in [-0.2, 0) is 19.0 Å². The first kappa shape index (κ1) is 14.8. The highest BCUT2D eigenvalue weighted by Crippen LogP contribution is 2.17. The molecule has 2 rings (SSSR count). The monoisotopic (exact) mass is 293 g/mol. The van der Waals surface area contributed by atoms with Gasteiger partial charge in [0.1, 0.15) is 0 Å². The van der Waals surface area contributed by atoms with Crippen LogP contribution in [0.2, 0.25) is 0 Å². The van der Waals surface area contributed by atoms with E-state index in [4.69, 9.17) is 16.3 Å². The number of rotatable bonds is 6. The molecule has 2 nitrogen and oxygen atoms in total. The highest BCUT2D eigenvalue weighted by atomic mass is 35.5. The molecule has 0 atom stereocenters. The fourth-order valence-corrected chi connectivity index (χ4v) is 2.16. The standard InChI is InChI=1S/C16H17ClFNO/c1-20-16-6-5-14(8-15(16)18)11-19-10-13-4-2-3-12(7-13)9-17/h2-8,19H,9-11H2,1H3. The molecule has 0 aliphatic carbocycles. The molecule has 20 heavy (non-hydrogen) atoms. The highest BCUT2D eigenvalue weighted by Gasteiger charge is 2.03. The molecule has 0 aliphatic rings. The van der Waals surface area contributed by atoms with Crippen LogP contribution in [0.25, 0.3) is 0 Å². The van der Waals surface area contributed by atoms with Gasteiger partial charge in [-0.25, -0.2) is 4.39 Å². The average molecular weight is 294 g/mol. The summed E-state index contributed by atoms with van der Waals surface area (Å²) in [5.41, 5.74) is 3.15. The van der Waals surface area contributed by atoms with E-state index >= 15 is 0 Å². The quantitative estimate of drug-likeness (QED) is 0.817. The smallest absolute Gasteiger partial charge is 0.165 e. The molecule has 1 N–H and O–H groups in total. The lowest BCUT2D eigenvalue weighted by molar-refractivity contribution is 0.386. The molecule has 106 valence electrons. The molecule has 0 bridgehead atoms. The molecule has 0 heterocycles. The largest absolute Gasteiger partial charge is 0.494 e. The number of hydrogen-bond acceptors (Lipinski definition) is 2. The second-order valence-electron chi connectivity index (χ2n) is 4.53. The molecule has 4 heteroatoms. The van der Waals surface area contributed by atoms with Crippen molar-refractivity contribution in [3.05, 3.63) is 65.0 Å². The zero-order valence-corrected chi connectivity index (χ0v) is 12.1. The van der Waals surface area contributed by atoms with Gasteiger partial charge in [0.05, 0.1) is 7.11 Å². The van der Waals surface area contributed by atoms with Crippen molar-refractivity contribution in [1.82, 2.24) is 5.32 Å². The Morgan fingerprint density at radius 3 is 2.40 bits per heavy atom. The Morgan fingerprint density at radius 1 is 1.05 bits per heavy atom. The minimum absolute atomic E-state index is 0.267. The average Bonchev–Trinajstić information content (AvgIpc) is 2.48. The molecule has 2 aromatic rings. The van der Waals surface area contributed by atoms with Crippen LogP contribution in [0.5, 0.6) is 5.75 Å². The minimum Gasteiger partial charge on any atom is -0.494 e. The summed E-state index contributed by atoms with van der Waals surface area (Å²) in [6.07, 6.45) is 0. The Kier molecular flexibility index (Phi) is 5.39. The lowest BCUT2D eigenvalue weighted by atomic mass is 10.1. The van der Waals surface area contributed by atoms with Crippen LogP contribution in [0.3, 0.4) is 0 Å². The molecule has 0 unspecified atom stereocenters. The third kappa shape index (κ3) is 3.95. The first-order valence-electron chi connectivity index (χ1n) is 6.40. The van der Waals surface area contributed by atoms with E-state index in [1.807, 2.05) is 24.3 Å². The zero-order chi connectivity index (χ0) is 14.4. The van der Waals surface area contributed by atoms with Crippen molar-refractivity contribution in [3.8, 4) is 5.75 Å². The van der Waals surface area contributed by atoms with Crippen LogP contribution < -0.4 is 10.1 Å². The van der Waals surface area contributed by atoms with Crippen molar-refractivity contribution in [2.75, 3.05) is 7.11 Å². The van der Waals surface area contributed by atoms with Crippen molar-refractivity contribution in [2.45, 2.75) is 19.0 Å². The second kappa shape index (κ2) is 7.27. The van der Waals surface area contributed by atoms with Gasteiger partial charge in [-0.15, -0.1) is 11.6 Å². The first-order valence-corrected chi connectivity index (χ1v) is 6.93. The number of methoxy groups -OCH3 is 1. The van der Waals surface area contributed by atoms with Gasteiger partial charge in [-0.05, 0) is 28.8 Å². The van der Waals surface area contributed by atoms with Crippen molar-refractivity contribution in [1.29, 1.82) is 0 Å². The fraction of sp³-hybridized carbons (Fsp3) is 0.250. The predicted octanol–water partition coefficient (Wildman–Crippen LogP) is 3.86. The molecule has 0 saturated heterocycles. The second-order valence-corrected chi connectivity index (χ2v) is 4.79. The fourth-order valence-electron chi connectivity index (χ4n) is 1.99.